The Morgan fingerprint density at radius 3 is 3.07 bits per heavy atom. The van der Waals surface area contributed by atoms with Crippen molar-refractivity contribution in [2.45, 2.75) is 11.2 Å². The van der Waals surface area contributed by atoms with E-state index in [4.69, 9.17) is 5.11 Å². The van der Waals surface area contributed by atoms with Gasteiger partial charge in [-0.25, -0.2) is 9.78 Å². The molecule has 0 aliphatic heterocycles. The van der Waals surface area contributed by atoms with Crippen molar-refractivity contribution in [2.24, 2.45) is 5.92 Å². The maximum absolute atomic E-state index is 10.9. The fourth-order valence-electron chi connectivity index (χ4n) is 1.37. The molecule has 0 radical (unpaired) electrons. The zero-order valence-corrected chi connectivity index (χ0v) is 9.57. The van der Waals surface area contributed by atoms with Crippen molar-refractivity contribution >= 4 is 27.7 Å². The lowest BCUT2D eigenvalue weighted by molar-refractivity contribution is 0.0697. The van der Waals surface area contributed by atoms with Crippen LogP contribution in [0.25, 0.3) is 0 Å². The number of hydrogen-bond acceptors (Lipinski definition) is 3. The molecule has 2 atom stereocenters. The van der Waals surface area contributed by atoms with Gasteiger partial charge in [0.05, 0.1) is 0 Å². The van der Waals surface area contributed by atoms with Gasteiger partial charge in [0, 0.05) is 17.6 Å². The molecule has 1 fully saturated rings. The minimum absolute atomic E-state index is 0.226. The Hall–Kier alpha value is -1.10. The predicted octanol–water partition coefficient (Wildman–Crippen LogP) is 1.98. The van der Waals surface area contributed by atoms with Gasteiger partial charge in [0.25, 0.3) is 0 Å². The van der Waals surface area contributed by atoms with Gasteiger partial charge >= 0.3 is 5.97 Å². The van der Waals surface area contributed by atoms with E-state index in [2.05, 4.69) is 26.2 Å². The molecule has 2 N–H and O–H groups in total. The number of nitrogens with one attached hydrogen (secondary N) is 1. The summed E-state index contributed by atoms with van der Waals surface area (Å²) in [7, 11) is 0. The third-order valence-corrected chi connectivity index (χ3v) is 3.53. The van der Waals surface area contributed by atoms with E-state index in [1.807, 2.05) is 0 Å². The molecule has 15 heavy (non-hydrogen) atoms. The fraction of sp³-hybridized carbons (Fsp3) is 0.400. The van der Waals surface area contributed by atoms with E-state index in [1.165, 1.54) is 0 Å². The van der Waals surface area contributed by atoms with E-state index >= 15 is 0 Å². The van der Waals surface area contributed by atoms with Crippen LogP contribution < -0.4 is 5.32 Å². The van der Waals surface area contributed by atoms with Crippen LogP contribution in [-0.2, 0) is 0 Å². The molecular formula is C10H11BrN2O2. The molecule has 0 unspecified atom stereocenters. The first-order valence-electron chi connectivity index (χ1n) is 4.74. The van der Waals surface area contributed by atoms with Crippen LogP contribution in [-0.4, -0.2) is 27.4 Å². The summed E-state index contributed by atoms with van der Waals surface area (Å²) in [5.74, 6) is 0.0991. The molecule has 1 aliphatic rings. The Morgan fingerprint density at radius 2 is 2.47 bits per heavy atom. The van der Waals surface area contributed by atoms with Gasteiger partial charge in [-0.05, 0) is 24.5 Å². The van der Waals surface area contributed by atoms with Crippen LogP contribution in [0.15, 0.2) is 18.3 Å². The minimum Gasteiger partial charge on any atom is -0.478 e. The van der Waals surface area contributed by atoms with Crippen LogP contribution >= 0.6 is 15.9 Å². The molecule has 80 valence electrons. The summed E-state index contributed by atoms with van der Waals surface area (Å²) >= 11 is 3.49. The van der Waals surface area contributed by atoms with E-state index in [9.17, 15) is 4.79 Å². The summed E-state index contributed by atoms with van der Waals surface area (Å²) in [6.45, 7) is 0.771. The van der Waals surface area contributed by atoms with Crippen LogP contribution in [0.4, 0.5) is 5.82 Å². The highest BCUT2D eigenvalue weighted by Crippen LogP contribution is 2.37. The molecule has 1 aromatic heterocycles. The average molecular weight is 271 g/mol. The van der Waals surface area contributed by atoms with Crippen molar-refractivity contribution in [3.8, 4) is 0 Å². The number of rotatable bonds is 4. The molecule has 0 bridgehead atoms. The van der Waals surface area contributed by atoms with Gasteiger partial charge in [0.2, 0.25) is 0 Å². The normalized spacial score (nSPS) is 23.5. The first-order valence-corrected chi connectivity index (χ1v) is 5.66. The maximum atomic E-state index is 10.9. The molecule has 4 nitrogen and oxygen atoms in total. The summed E-state index contributed by atoms with van der Waals surface area (Å²) in [5.41, 5.74) is 0.226. The zero-order chi connectivity index (χ0) is 10.8. The van der Waals surface area contributed by atoms with Crippen LogP contribution in [0.2, 0.25) is 0 Å². The van der Waals surface area contributed by atoms with Crippen LogP contribution in [0.5, 0.6) is 0 Å². The lowest BCUT2D eigenvalue weighted by Gasteiger charge is -2.06. The minimum atomic E-state index is -0.947. The van der Waals surface area contributed by atoms with Gasteiger partial charge in [-0.3, -0.25) is 0 Å². The summed E-state index contributed by atoms with van der Waals surface area (Å²) in [5, 5.41) is 12.0. The Kier molecular flexibility index (Phi) is 2.90. The largest absolute Gasteiger partial charge is 0.478 e. The first kappa shape index (κ1) is 10.4. The molecule has 0 aromatic carbocycles. The molecule has 0 amide bonds. The summed E-state index contributed by atoms with van der Waals surface area (Å²) in [4.78, 5) is 15.4. The lowest BCUT2D eigenvalue weighted by atomic mass is 10.2. The Morgan fingerprint density at radius 1 is 1.73 bits per heavy atom. The van der Waals surface area contributed by atoms with Gasteiger partial charge in [0.1, 0.15) is 11.4 Å². The SMILES string of the molecule is O=C(O)c1cccnc1NC[C@@H]1C[C@@H]1Br. The number of halogens is 1. The first-order chi connectivity index (χ1) is 7.18. The summed E-state index contributed by atoms with van der Waals surface area (Å²) in [6, 6.07) is 3.18. The van der Waals surface area contributed by atoms with E-state index < -0.39 is 5.97 Å². The molecule has 1 saturated carbocycles. The maximum Gasteiger partial charge on any atom is 0.339 e. The van der Waals surface area contributed by atoms with Gasteiger partial charge in [-0.1, -0.05) is 15.9 Å². The van der Waals surface area contributed by atoms with Crippen molar-refractivity contribution in [1.82, 2.24) is 4.98 Å². The van der Waals surface area contributed by atoms with E-state index in [1.54, 1.807) is 18.3 Å². The van der Waals surface area contributed by atoms with Crippen LogP contribution in [0.3, 0.4) is 0 Å². The second kappa shape index (κ2) is 4.18. The van der Waals surface area contributed by atoms with Gasteiger partial charge in [-0.15, -0.1) is 0 Å². The fourth-order valence-corrected chi connectivity index (χ4v) is 2.04. The molecule has 0 spiro atoms. The second-order valence-electron chi connectivity index (χ2n) is 3.60. The van der Waals surface area contributed by atoms with Gasteiger partial charge in [-0.2, -0.15) is 0 Å². The Balaban J connectivity index is 2.03. The third-order valence-electron chi connectivity index (χ3n) is 2.41. The number of aromatic nitrogens is 1. The summed E-state index contributed by atoms with van der Waals surface area (Å²) in [6.07, 6.45) is 2.73. The lowest BCUT2D eigenvalue weighted by Crippen LogP contribution is -2.11. The van der Waals surface area contributed by atoms with E-state index in [0.29, 0.717) is 16.6 Å². The molecule has 1 aromatic rings. The molecule has 2 rings (SSSR count). The Bertz CT molecular complexity index is 383. The van der Waals surface area contributed by atoms with Crippen molar-refractivity contribution in [3.05, 3.63) is 23.9 Å². The van der Waals surface area contributed by atoms with Gasteiger partial charge in [0.15, 0.2) is 0 Å². The number of anilines is 1. The number of carboxylic acid groups (broad SMARTS) is 1. The van der Waals surface area contributed by atoms with Crippen molar-refractivity contribution in [1.29, 1.82) is 0 Å². The molecule has 1 heterocycles. The second-order valence-corrected chi connectivity index (χ2v) is 4.77. The van der Waals surface area contributed by atoms with Gasteiger partial charge < -0.3 is 10.4 Å². The third kappa shape index (κ3) is 2.47. The summed E-state index contributed by atoms with van der Waals surface area (Å²) < 4.78 is 0. The monoisotopic (exact) mass is 270 g/mol. The zero-order valence-electron chi connectivity index (χ0n) is 7.98. The highest BCUT2D eigenvalue weighted by molar-refractivity contribution is 9.09. The van der Waals surface area contributed by atoms with E-state index in [0.717, 1.165) is 13.0 Å². The topological polar surface area (TPSA) is 62.2 Å². The van der Waals surface area contributed by atoms with Crippen molar-refractivity contribution < 1.29 is 9.90 Å². The number of alkyl halides is 1. The Labute approximate surface area is 95.8 Å². The molecule has 1 aliphatic carbocycles. The van der Waals surface area contributed by atoms with E-state index in [-0.39, 0.29) is 5.56 Å². The smallest absolute Gasteiger partial charge is 0.339 e. The highest BCUT2D eigenvalue weighted by Gasteiger charge is 2.34. The van der Waals surface area contributed by atoms with Crippen LogP contribution in [0.1, 0.15) is 16.8 Å². The quantitative estimate of drug-likeness (QED) is 0.822. The highest BCUT2D eigenvalue weighted by atomic mass is 79.9. The predicted molar refractivity (Wildman–Crippen MR) is 60.5 cm³/mol. The van der Waals surface area contributed by atoms with Crippen LogP contribution in [0, 0.1) is 5.92 Å². The molecular weight excluding hydrogens is 260 g/mol. The average Bonchev–Trinajstić information content (AvgIpc) is 2.92. The van der Waals surface area contributed by atoms with Crippen molar-refractivity contribution in [2.75, 3.05) is 11.9 Å². The number of carbonyl (C=O) groups is 1. The number of hydrogen-bond donors (Lipinski definition) is 2. The number of aromatic carboxylic acids is 1. The molecule has 0 saturated heterocycles. The molecule has 5 heteroatoms. The number of pyridine rings is 1. The number of carboxylic acids is 1. The van der Waals surface area contributed by atoms with Crippen molar-refractivity contribution in [3.63, 3.8) is 0 Å². The number of nitrogens with zero attached hydrogens (tertiary/aromatic N) is 1. The standard InChI is InChI=1S/C10H11BrN2O2/c11-8-4-6(8)5-13-9-7(10(14)15)2-1-3-12-9/h1-3,6,8H,4-5H2,(H,12,13)(H,14,15)/t6-,8-/m0/s1.